The van der Waals surface area contributed by atoms with Gasteiger partial charge in [-0.1, -0.05) is 50.7 Å². The van der Waals surface area contributed by atoms with E-state index < -0.39 is 0 Å². The topological polar surface area (TPSA) is 85.8 Å². The summed E-state index contributed by atoms with van der Waals surface area (Å²) in [7, 11) is 0. The zero-order chi connectivity index (χ0) is 18.4. The highest BCUT2D eigenvalue weighted by molar-refractivity contribution is 8.00. The van der Waals surface area contributed by atoms with Crippen molar-refractivity contribution in [3.63, 3.8) is 0 Å². The molecule has 7 heteroatoms. The Bertz CT molecular complexity index is 706. The van der Waals surface area contributed by atoms with E-state index in [-0.39, 0.29) is 11.2 Å². The lowest BCUT2D eigenvalue weighted by atomic mass is 10.0. The number of benzene rings is 1. The van der Waals surface area contributed by atoms with Gasteiger partial charge in [0, 0.05) is 12.1 Å². The monoisotopic (exact) mass is 361 g/mol. The van der Waals surface area contributed by atoms with Gasteiger partial charge in [-0.2, -0.15) is 0 Å². The fourth-order valence-corrected chi connectivity index (χ4v) is 3.41. The number of aromatic nitrogens is 3. The first-order valence-electron chi connectivity index (χ1n) is 8.79. The van der Waals surface area contributed by atoms with Gasteiger partial charge in [-0.25, -0.2) is 4.68 Å². The fourth-order valence-electron chi connectivity index (χ4n) is 2.62. The number of rotatable bonds is 8. The number of anilines is 1. The van der Waals surface area contributed by atoms with Crippen LogP contribution < -0.4 is 11.2 Å². The number of nitrogens with two attached hydrogens (primary N) is 1. The van der Waals surface area contributed by atoms with E-state index in [1.165, 1.54) is 16.4 Å². The maximum absolute atomic E-state index is 12.7. The lowest BCUT2D eigenvalue weighted by Crippen LogP contribution is -2.25. The Morgan fingerprint density at radius 1 is 1.24 bits per heavy atom. The highest BCUT2D eigenvalue weighted by Gasteiger charge is 2.20. The minimum Gasteiger partial charge on any atom is -0.336 e. The molecule has 0 radical (unpaired) electrons. The van der Waals surface area contributed by atoms with Gasteiger partial charge in [-0.3, -0.25) is 4.79 Å². The number of hydrogen-bond donors (Lipinski definition) is 2. The third kappa shape index (κ3) is 4.54. The Labute approximate surface area is 153 Å². The number of nitrogens with one attached hydrogen (secondary N) is 1. The average Bonchev–Trinajstić information content (AvgIpc) is 2.95. The van der Waals surface area contributed by atoms with Crippen LogP contribution in [-0.2, 0) is 24.1 Å². The van der Waals surface area contributed by atoms with Crippen LogP contribution in [0.2, 0.25) is 0 Å². The van der Waals surface area contributed by atoms with Crippen molar-refractivity contribution < 1.29 is 4.79 Å². The number of carbonyl (C=O) groups is 1. The normalized spacial score (nSPS) is 12.2. The fraction of sp³-hybridized carbons (Fsp3) is 0.500. The third-order valence-corrected chi connectivity index (χ3v) is 5.16. The maximum Gasteiger partial charge on any atom is 0.237 e. The molecule has 25 heavy (non-hydrogen) atoms. The molecular formula is C18H27N5OS. The second-order valence-corrected chi connectivity index (χ2v) is 7.23. The van der Waals surface area contributed by atoms with Crippen molar-refractivity contribution in [2.75, 3.05) is 11.2 Å². The van der Waals surface area contributed by atoms with Crippen LogP contribution in [0.4, 0.5) is 5.69 Å². The second-order valence-electron chi connectivity index (χ2n) is 5.93. The molecule has 0 saturated carbocycles. The van der Waals surface area contributed by atoms with Gasteiger partial charge in [-0.05, 0) is 37.3 Å². The molecule has 136 valence electrons. The molecule has 6 nitrogen and oxygen atoms in total. The van der Waals surface area contributed by atoms with Gasteiger partial charge >= 0.3 is 0 Å². The van der Waals surface area contributed by atoms with E-state index in [0.29, 0.717) is 5.16 Å². The molecule has 2 aromatic rings. The van der Waals surface area contributed by atoms with Gasteiger partial charge in [0.2, 0.25) is 11.1 Å². The van der Waals surface area contributed by atoms with Gasteiger partial charge in [0.05, 0.1) is 5.25 Å². The first-order chi connectivity index (χ1) is 12.0. The van der Waals surface area contributed by atoms with Gasteiger partial charge in [0.15, 0.2) is 5.82 Å². The molecule has 1 atom stereocenters. The second kappa shape index (κ2) is 8.89. The van der Waals surface area contributed by atoms with Gasteiger partial charge in [-0.15, -0.1) is 10.2 Å². The lowest BCUT2D eigenvalue weighted by molar-refractivity contribution is -0.115. The number of carbonyl (C=O) groups excluding carboxylic acids is 1. The van der Waals surface area contributed by atoms with Crippen molar-refractivity contribution in [1.29, 1.82) is 0 Å². The molecule has 1 heterocycles. The minimum absolute atomic E-state index is 0.0550. The van der Waals surface area contributed by atoms with Crippen LogP contribution in [0, 0.1) is 0 Å². The molecule has 2 rings (SSSR count). The number of aryl methyl sites for hydroxylation is 3. The number of amides is 1. The molecule has 0 unspecified atom stereocenters. The summed E-state index contributed by atoms with van der Waals surface area (Å²) < 4.78 is 1.48. The van der Waals surface area contributed by atoms with Crippen molar-refractivity contribution >= 4 is 23.4 Å². The van der Waals surface area contributed by atoms with Crippen LogP contribution in [-0.4, -0.2) is 26.0 Å². The molecule has 3 N–H and O–H groups in total. The standard InChI is InChI=1S/C18H27N5OS/c1-5-9-15-21-22-18(23(15)19)25-12(4)17(24)20-16-13(6-2)10-8-11-14(16)7-3/h8,10-12H,5-7,9,19H2,1-4H3,(H,20,24)/t12-/m1/s1. The summed E-state index contributed by atoms with van der Waals surface area (Å²) in [4.78, 5) is 12.7. The Morgan fingerprint density at radius 2 is 1.88 bits per heavy atom. The molecule has 0 spiro atoms. The Morgan fingerprint density at radius 3 is 2.44 bits per heavy atom. The number of thioether (sulfide) groups is 1. The number of nitrogen functional groups attached to an aromatic ring is 1. The van der Waals surface area contributed by atoms with E-state index >= 15 is 0 Å². The highest BCUT2D eigenvalue weighted by atomic mass is 32.2. The summed E-state index contributed by atoms with van der Waals surface area (Å²) in [6, 6.07) is 6.15. The largest absolute Gasteiger partial charge is 0.336 e. The molecule has 1 aromatic carbocycles. The summed E-state index contributed by atoms with van der Waals surface area (Å²) in [5.74, 6) is 6.70. The van der Waals surface area contributed by atoms with Crippen molar-refractivity contribution in [1.82, 2.24) is 14.9 Å². The van der Waals surface area contributed by atoms with Crippen molar-refractivity contribution in [3.05, 3.63) is 35.2 Å². The van der Waals surface area contributed by atoms with Crippen LogP contribution in [0.5, 0.6) is 0 Å². The van der Waals surface area contributed by atoms with E-state index in [1.54, 1.807) is 0 Å². The van der Waals surface area contributed by atoms with E-state index in [1.807, 2.05) is 13.0 Å². The summed E-state index contributed by atoms with van der Waals surface area (Å²) >= 11 is 1.32. The van der Waals surface area contributed by atoms with E-state index in [4.69, 9.17) is 5.84 Å². The summed E-state index contributed by atoms with van der Waals surface area (Å²) in [6.07, 6.45) is 3.48. The molecule has 0 aliphatic carbocycles. The van der Waals surface area contributed by atoms with Gasteiger partial charge in [0.25, 0.3) is 0 Å². The SMILES string of the molecule is CCCc1nnc(S[C@H](C)C(=O)Nc2c(CC)cccc2CC)n1N. The van der Waals surface area contributed by atoms with Crippen LogP contribution >= 0.6 is 11.8 Å². The zero-order valence-electron chi connectivity index (χ0n) is 15.4. The molecule has 1 amide bonds. The van der Waals surface area contributed by atoms with E-state index in [9.17, 15) is 4.79 Å². The van der Waals surface area contributed by atoms with Gasteiger partial charge in [0.1, 0.15) is 0 Å². The smallest absolute Gasteiger partial charge is 0.237 e. The van der Waals surface area contributed by atoms with E-state index in [0.717, 1.165) is 48.3 Å². The summed E-state index contributed by atoms with van der Waals surface area (Å²) in [6.45, 7) is 8.10. The molecule has 0 aliphatic rings. The number of para-hydroxylation sites is 1. The average molecular weight is 362 g/mol. The van der Waals surface area contributed by atoms with Crippen LogP contribution in [0.1, 0.15) is 51.1 Å². The van der Waals surface area contributed by atoms with Crippen LogP contribution in [0.25, 0.3) is 0 Å². The van der Waals surface area contributed by atoms with E-state index in [2.05, 4.69) is 48.4 Å². The first-order valence-corrected chi connectivity index (χ1v) is 9.67. The molecule has 0 aliphatic heterocycles. The predicted molar refractivity (Wildman–Crippen MR) is 103 cm³/mol. The Kier molecular flexibility index (Phi) is 6.87. The molecule has 1 aromatic heterocycles. The lowest BCUT2D eigenvalue weighted by Gasteiger charge is -2.17. The molecule has 0 saturated heterocycles. The van der Waals surface area contributed by atoms with Crippen molar-refractivity contribution in [2.45, 2.75) is 63.8 Å². The molecular weight excluding hydrogens is 334 g/mol. The number of nitrogens with zero attached hydrogens (tertiary/aromatic N) is 3. The Hall–Kier alpha value is -2.02. The number of hydrogen-bond acceptors (Lipinski definition) is 5. The predicted octanol–water partition coefficient (Wildman–Crippen LogP) is 3.19. The van der Waals surface area contributed by atoms with Gasteiger partial charge < -0.3 is 11.2 Å². The zero-order valence-corrected chi connectivity index (χ0v) is 16.2. The van der Waals surface area contributed by atoms with Crippen molar-refractivity contribution in [2.24, 2.45) is 0 Å². The minimum atomic E-state index is -0.324. The van der Waals surface area contributed by atoms with Crippen LogP contribution in [0.3, 0.4) is 0 Å². The van der Waals surface area contributed by atoms with Crippen molar-refractivity contribution in [3.8, 4) is 0 Å². The summed E-state index contributed by atoms with van der Waals surface area (Å²) in [5.41, 5.74) is 3.24. The summed E-state index contributed by atoms with van der Waals surface area (Å²) in [5, 5.41) is 11.5. The Balaban J connectivity index is 2.11. The maximum atomic E-state index is 12.7. The highest BCUT2D eigenvalue weighted by Crippen LogP contribution is 2.26. The van der Waals surface area contributed by atoms with Crippen LogP contribution in [0.15, 0.2) is 23.4 Å². The molecule has 0 fully saturated rings. The molecule has 0 bridgehead atoms. The third-order valence-electron chi connectivity index (χ3n) is 4.11. The first kappa shape index (κ1) is 19.3. The quantitative estimate of drug-likeness (QED) is 0.557.